The van der Waals surface area contributed by atoms with Crippen LogP contribution < -0.4 is 43.1 Å². The van der Waals surface area contributed by atoms with E-state index < -0.39 is 114 Å². The van der Waals surface area contributed by atoms with E-state index in [-0.39, 0.29) is 99.0 Å². The van der Waals surface area contributed by atoms with Crippen molar-refractivity contribution in [2.45, 2.75) is 220 Å². The number of ether oxygens (including phenoxy) is 2. The lowest BCUT2D eigenvalue weighted by Gasteiger charge is -2.41. The number of carboxylic acids is 1. The van der Waals surface area contributed by atoms with Crippen LogP contribution in [0.1, 0.15) is 157 Å². The minimum atomic E-state index is -1.10. The number of nitrogens with two attached hydrogens (primary N) is 1. The van der Waals surface area contributed by atoms with Crippen molar-refractivity contribution < 1.29 is 72.5 Å². The standard InChI is InChI=1S/C72H118N12O15/c1-16-46(8)63(82(13)70(93)61(44(4)5)79-69(92)62(45(6)7)81(11)12)56(97-14)41-59(87)84-36-22-26-55(84)64(98-15)48(10)66(89)76-53(40-49-23-18-17-19-24-49)39-47(9)65(88)80-99-42-50-29-31-52(32-30-50)75-67(90)54(25-21-35-74-72(73)96)77-68(91)60(43(2)3)78-57(85)27-20-28-58(86)83-37-33-51(34-38-83)71(94)95/h17-19,23-24,29-32,43-48,51,53-56,58,60-64,86H,16,20-22,25-28,33-42H2,1-15H3,(H,75,90)(H,76,89)(H,77,91)(H,78,85)(H,79,92)(H,80,88)(H,94,95)(H3,73,74,96)/t46-,47-,48+,53+,54+,55-,56+,58?,60+,61-,62-,63-,64+/m0/s1. The van der Waals surface area contributed by atoms with Crippen LogP contribution in [0.3, 0.4) is 0 Å². The van der Waals surface area contributed by atoms with Gasteiger partial charge in [0.05, 0.1) is 55.2 Å². The van der Waals surface area contributed by atoms with Gasteiger partial charge in [-0.3, -0.25) is 57.8 Å². The molecule has 2 aromatic carbocycles. The number of carbonyl (C=O) groups is 10. The summed E-state index contributed by atoms with van der Waals surface area (Å²) in [6.45, 7) is 20.2. The van der Waals surface area contributed by atoms with E-state index in [9.17, 15) is 58.2 Å². The molecular weight excluding hydrogens is 1270 g/mol. The van der Waals surface area contributed by atoms with Crippen LogP contribution >= 0.6 is 0 Å². The molecular formula is C72H118N12O15. The van der Waals surface area contributed by atoms with Gasteiger partial charge in [0.15, 0.2) is 0 Å². The predicted molar refractivity (Wildman–Crippen MR) is 376 cm³/mol. The van der Waals surface area contributed by atoms with Crippen molar-refractivity contribution >= 4 is 64.9 Å². The smallest absolute Gasteiger partial charge is 0.312 e. The Hall–Kier alpha value is -7.30. The Bertz CT molecular complexity index is 2890. The topological polar surface area (TPSA) is 362 Å². The molecule has 0 radical (unpaired) electrons. The highest BCUT2D eigenvalue weighted by Crippen LogP contribution is 2.31. The number of benzene rings is 2. The minimum Gasteiger partial charge on any atom is -0.481 e. The maximum Gasteiger partial charge on any atom is 0.312 e. The molecule has 10 amide bonds. The van der Waals surface area contributed by atoms with Gasteiger partial charge in [0.2, 0.25) is 47.3 Å². The number of aliphatic carboxylic acids is 1. The number of hydrogen-bond donors (Lipinski definition) is 10. The first-order valence-electron chi connectivity index (χ1n) is 35.4. The van der Waals surface area contributed by atoms with Gasteiger partial charge in [-0.1, -0.05) is 118 Å². The van der Waals surface area contributed by atoms with E-state index in [1.54, 1.807) is 73.7 Å². The van der Waals surface area contributed by atoms with Gasteiger partial charge in [-0.25, -0.2) is 10.3 Å². The van der Waals surface area contributed by atoms with Crippen molar-refractivity contribution in [3.8, 4) is 0 Å². The number of likely N-dealkylation sites (tertiary alicyclic amines) is 2. The number of carbonyl (C=O) groups excluding carboxylic acids is 9. The Labute approximate surface area is 586 Å². The first kappa shape index (κ1) is 84.1. The summed E-state index contributed by atoms with van der Waals surface area (Å²) in [5.74, 6) is -6.41. The fourth-order valence-electron chi connectivity index (χ4n) is 13.5. The molecule has 2 aromatic rings. The number of carboxylic acid groups (broad SMARTS) is 1. The Kier molecular flexibility index (Phi) is 35.7. The van der Waals surface area contributed by atoms with Crippen molar-refractivity contribution in [1.82, 2.24) is 51.7 Å². The summed E-state index contributed by atoms with van der Waals surface area (Å²) in [6, 6.07) is 10.6. The number of nitrogens with zero attached hydrogens (tertiary/aromatic N) is 4. The molecule has 2 aliphatic heterocycles. The second-order valence-corrected chi connectivity index (χ2v) is 28.3. The fraction of sp³-hybridized carbons (Fsp3) is 0.694. The number of urea groups is 1. The molecule has 2 fully saturated rings. The number of aliphatic hydroxyl groups is 1. The summed E-state index contributed by atoms with van der Waals surface area (Å²) >= 11 is 0. The van der Waals surface area contributed by atoms with Crippen molar-refractivity contribution in [3.05, 3.63) is 65.7 Å². The maximum atomic E-state index is 14.6. The third kappa shape index (κ3) is 26.6. The van der Waals surface area contributed by atoms with Crippen LogP contribution in [0.25, 0.3) is 0 Å². The van der Waals surface area contributed by atoms with Crippen molar-refractivity contribution in [2.24, 2.45) is 47.2 Å². The molecule has 0 spiro atoms. The zero-order valence-electron chi connectivity index (χ0n) is 61.3. The lowest BCUT2D eigenvalue weighted by molar-refractivity contribution is -0.148. The van der Waals surface area contributed by atoms with Crippen LogP contribution in [-0.4, -0.2) is 211 Å². The number of aliphatic hydroxyl groups excluding tert-OH is 1. The SMILES string of the molecule is CC[C@H](C)[C@@H]([C@@H](CC(=O)N1CCC[C@H]1[C@H](OC)[C@@H](C)C(=O)N[C@@H](Cc1ccccc1)C[C@H](C)C(=O)NOCc1ccc(NC(=O)[C@@H](CCCNC(N)=O)NC(=O)[C@H](NC(=O)CCCC(O)N2CCC(C(=O)O)CC2)C(C)C)cc1)OC)N(C)C(=O)[C@@H](NC(=O)[C@H](C(C)C)N(C)C)C(C)C. The van der Waals surface area contributed by atoms with E-state index in [1.165, 1.54) is 14.2 Å². The molecule has 0 saturated carbocycles. The Morgan fingerprint density at radius 1 is 0.697 bits per heavy atom. The van der Waals surface area contributed by atoms with E-state index in [4.69, 9.17) is 20.0 Å². The summed E-state index contributed by atoms with van der Waals surface area (Å²) in [4.78, 5) is 147. The van der Waals surface area contributed by atoms with Gasteiger partial charge in [-0.15, -0.1) is 0 Å². The summed E-state index contributed by atoms with van der Waals surface area (Å²) in [5, 5.41) is 37.1. The predicted octanol–water partition coefficient (Wildman–Crippen LogP) is 4.93. The molecule has 0 aliphatic carbocycles. The average molecular weight is 1390 g/mol. The largest absolute Gasteiger partial charge is 0.481 e. The third-order valence-corrected chi connectivity index (χ3v) is 19.4. The number of primary amides is 1. The summed E-state index contributed by atoms with van der Waals surface area (Å²) in [6.07, 6.45) is 2.13. The number of nitrogens with one attached hydrogen (secondary N) is 7. The molecule has 2 heterocycles. The van der Waals surface area contributed by atoms with E-state index >= 15 is 0 Å². The summed E-state index contributed by atoms with van der Waals surface area (Å²) < 4.78 is 12.2. The van der Waals surface area contributed by atoms with Gasteiger partial charge in [0, 0.05) is 71.5 Å². The number of piperidine rings is 1. The lowest BCUT2D eigenvalue weighted by Crippen LogP contribution is -2.59. The molecule has 4 rings (SSSR count). The molecule has 13 atom stereocenters. The number of amides is 10. The molecule has 556 valence electrons. The Morgan fingerprint density at radius 3 is 1.91 bits per heavy atom. The number of likely N-dealkylation sites (N-methyl/N-ethyl adjacent to an activating group) is 2. The average Bonchev–Trinajstić information content (AvgIpc) is 1.80. The molecule has 2 aliphatic rings. The van der Waals surface area contributed by atoms with Gasteiger partial charge >= 0.3 is 12.0 Å². The van der Waals surface area contributed by atoms with Gasteiger partial charge in [-0.05, 0) is 125 Å². The highest BCUT2D eigenvalue weighted by atomic mass is 16.7. The first-order valence-corrected chi connectivity index (χ1v) is 35.4. The van der Waals surface area contributed by atoms with Crippen molar-refractivity contribution in [2.75, 3.05) is 66.9 Å². The van der Waals surface area contributed by atoms with E-state index in [1.807, 2.05) is 90.9 Å². The van der Waals surface area contributed by atoms with Crippen LogP contribution in [0.4, 0.5) is 10.5 Å². The van der Waals surface area contributed by atoms with E-state index in [0.29, 0.717) is 75.8 Å². The molecule has 11 N–H and O–H groups in total. The second kappa shape index (κ2) is 42.1. The van der Waals surface area contributed by atoms with Crippen molar-refractivity contribution in [1.29, 1.82) is 0 Å². The van der Waals surface area contributed by atoms with Crippen molar-refractivity contribution in [3.63, 3.8) is 0 Å². The zero-order chi connectivity index (χ0) is 73.8. The molecule has 99 heavy (non-hydrogen) atoms. The summed E-state index contributed by atoms with van der Waals surface area (Å²) in [7, 11) is 8.46. The maximum absolute atomic E-state index is 14.6. The normalized spacial score (nSPS) is 18.1. The van der Waals surface area contributed by atoms with Crippen LogP contribution in [0.2, 0.25) is 0 Å². The Morgan fingerprint density at radius 2 is 1.34 bits per heavy atom. The highest BCUT2D eigenvalue weighted by molar-refractivity contribution is 5.98. The van der Waals surface area contributed by atoms with Crippen LogP contribution in [0.15, 0.2) is 54.6 Å². The van der Waals surface area contributed by atoms with Crippen LogP contribution in [-0.2, 0) is 70.5 Å². The molecule has 27 heteroatoms. The van der Waals surface area contributed by atoms with Crippen LogP contribution in [0.5, 0.6) is 0 Å². The molecule has 27 nitrogen and oxygen atoms in total. The van der Waals surface area contributed by atoms with Crippen LogP contribution in [0, 0.1) is 41.4 Å². The van der Waals surface area contributed by atoms with Gasteiger partial charge in [0.25, 0.3) is 0 Å². The second-order valence-electron chi connectivity index (χ2n) is 28.3. The van der Waals surface area contributed by atoms with Gasteiger partial charge in [0.1, 0.15) is 24.4 Å². The minimum absolute atomic E-state index is 0.000959. The van der Waals surface area contributed by atoms with Gasteiger partial charge in [-0.2, -0.15) is 0 Å². The lowest BCUT2D eigenvalue weighted by atomic mass is 9.89. The summed E-state index contributed by atoms with van der Waals surface area (Å²) in [5.41, 5.74) is 9.76. The molecule has 1 unspecified atom stereocenters. The fourth-order valence-corrected chi connectivity index (χ4v) is 13.5. The highest BCUT2D eigenvalue weighted by Gasteiger charge is 2.44. The number of rotatable bonds is 42. The quantitative estimate of drug-likeness (QED) is 0.0311. The number of hydroxylamine groups is 1. The van der Waals surface area contributed by atoms with E-state index in [0.717, 1.165) is 5.56 Å². The number of anilines is 1. The van der Waals surface area contributed by atoms with E-state index in [2.05, 4.69) is 37.4 Å². The molecule has 2 saturated heterocycles. The first-order chi connectivity index (χ1) is 46.8. The number of methoxy groups -OCH3 is 2. The monoisotopic (exact) mass is 1390 g/mol. The third-order valence-electron chi connectivity index (χ3n) is 19.4. The number of hydrogen-bond acceptors (Lipinski definition) is 16. The Balaban J connectivity index is 1.37. The van der Waals surface area contributed by atoms with Gasteiger partial charge < -0.3 is 67.1 Å². The molecule has 0 aromatic heterocycles. The zero-order valence-corrected chi connectivity index (χ0v) is 61.3. The molecule has 0 bridgehead atoms.